The number of carboxylic acids is 1. The summed E-state index contributed by atoms with van der Waals surface area (Å²) < 4.78 is 22.8. The normalized spacial score (nSPS) is 12.0. The van der Waals surface area contributed by atoms with Crippen LogP contribution in [0.2, 0.25) is 0 Å². The van der Waals surface area contributed by atoms with Crippen molar-refractivity contribution in [1.82, 2.24) is 14.9 Å². The number of thiol groups is 1. The first kappa shape index (κ1) is 28.2. The highest BCUT2D eigenvalue weighted by Crippen LogP contribution is 2.27. The Kier molecular flexibility index (Phi) is 9.74. The first-order valence-electron chi connectivity index (χ1n) is 12.3. The maximum absolute atomic E-state index is 15.3. The van der Waals surface area contributed by atoms with Crippen molar-refractivity contribution in [3.63, 3.8) is 0 Å². The highest BCUT2D eigenvalue weighted by Gasteiger charge is 2.22. The van der Waals surface area contributed by atoms with Gasteiger partial charge >= 0.3 is 5.97 Å². The SMILES string of the molecule is CCOc1nc(C)c(CNC(=O)C(CS)CC(C)C)n1Cc1ccc(-c2ccccc2C(=O)O)cc1F. The second-order valence-corrected chi connectivity index (χ2v) is 9.69. The molecule has 1 atom stereocenters. The van der Waals surface area contributed by atoms with E-state index in [0.717, 1.165) is 12.1 Å². The Labute approximate surface area is 222 Å². The lowest BCUT2D eigenvalue weighted by atomic mass is 9.98. The van der Waals surface area contributed by atoms with Gasteiger partial charge in [0.15, 0.2) is 0 Å². The summed E-state index contributed by atoms with van der Waals surface area (Å²) in [5.74, 6) is -1.02. The lowest BCUT2D eigenvalue weighted by Crippen LogP contribution is -2.33. The van der Waals surface area contributed by atoms with E-state index in [0.29, 0.717) is 46.7 Å². The number of hydrogen-bond donors (Lipinski definition) is 3. The van der Waals surface area contributed by atoms with E-state index < -0.39 is 11.8 Å². The molecule has 1 aromatic heterocycles. The largest absolute Gasteiger partial charge is 0.478 e. The maximum atomic E-state index is 15.3. The fourth-order valence-electron chi connectivity index (χ4n) is 4.29. The van der Waals surface area contributed by atoms with Gasteiger partial charge in [-0.1, -0.05) is 44.2 Å². The van der Waals surface area contributed by atoms with Crippen LogP contribution < -0.4 is 10.1 Å². The molecule has 2 aromatic carbocycles. The Balaban J connectivity index is 1.89. The number of carboxylic acid groups (broad SMARTS) is 1. The average Bonchev–Trinajstić information content (AvgIpc) is 3.15. The fourth-order valence-corrected chi connectivity index (χ4v) is 4.60. The first-order chi connectivity index (χ1) is 17.7. The van der Waals surface area contributed by atoms with Crippen LogP contribution in [-0.4, -0.2) is 38.9 Å². The topological polar surface area (TPSA) is 93.5 Å². The van der Waals surface area contributed by atoms with Crippen molar-refractivity contribution in [3.8, 4) is 17.1 Å². The van der Waals surface area contributed by atoms with Gasteiger partial charge in [0.2, 0.25) is 5.91 Å². The number of imidazole rings is 1. The monoisotopic (exact) mass is 527 g/mol. The number of hydrogen-bond acceptors (Lipinski definition) is 5. The molecule has 7 nitrogen and oxygen atoms in total. The third-order valence-electron chi connectivity index (χ3n) is 6.14. The molecule has 0 spiro atoms. The molecule has 37 heavy (non-hydrogen) atoms. The summed E-state index contributed by atoms with van der Waals surface area (Å²) >= 11 is 4.34. The zero-order valence-electron chi connectivity index (χ0n) is 21.6. The van der Waals surface area contributed by atoms with Gasteiger partial charge in [0.05, 0.1) is 36.6 Å². The van der Waals surface area contributed by atoms with Crippen molar-refractivity contribution in [3.05, 3.63) is 70.8 Å². The van der Waals surface area contributed by atoms with Crippen LogP contribution in [0.5, 0.6) is 6.01 Å². The number of nitrogens with one attached hydrogen (secondary N) is 1. The molecular weight excluding hydrogens is 493 g/mol. The molecule has 3 aromatic rings. The molecule has 0 saturated carbocycles. The summed E-state index contributed by atoms with van der Waals surface area (Å²) in [6.07, 6.45) is 0.736. The summed E-state index contributed by atoms with van der Waals surface area (Å²) in [6, 6.07) is 11.5. The molecule has 0 aliphatic heterocycles. The van der Waals surface area contributed by atoms with Crippen molar-refractivity contribution in [1.29, 1.82) is 0 Å². The van der Waals surface area contributed by atoms with Gasteiger partial charge in [-0.25, -0.2) is 14.2 Å². The molecule has 3 rings (SSSR count). The van der Waals surface area contributed by atoms with Gasteiger partial charge in [-0.15, -0.1) is 0 Å². The molecule has 0 saturated heterocycles. The number of ether oxygens (including phenoxy) is 1. The van der Waals surface area contributed by atoms with E-state index in [1.54, 1.807) is 34.9 Å². The van der Waals surface area contributed by atoms with Crippen LogP contribution in [0.15, 0.2) is 42.5 Å². The van der Waals surface area contributed by atoms with Crippen LogP contribution in [0.4, 0.5) is 4.39 Å². The first-order valence-corrected chi connectivity index (χ1v) is 13.0. The molecule has 198 valence electrons. The second-order valence-electron chi connectivity index (χ2n) is 9.33. The zero-order chi connectivity index (χ0) is 27.1. The molecule has 0 radical (unpaired) electrons. The average molecular weight is 528 g/mol. The van der Waals surface area contributed by atoms with Crippen LogP contribution in [-0.2, 0) is 17.9 Å². The zero-order valence-corrected chi connectivity index (χ0v) is 22.5. The third kappa shape index (κ3) is 6.91. The standard InChI is InChI=1S/C28H34FN3O4S/c1-5-36-28-31-18(4)25(14-30-26(33)21(16-37)12-17(2)3)32(28)15-20-11-10-19(13-24(20)29)22-8-6-7-9-23(22)27(34)35/h6-11,13,17,21,37H,5,12,14-16H2,1-4H3,(H,30,33)(H,34,35). The Morgan fingerprint density at radius 3 is 2.57 bits per heavy atom. The molecule has 0 aliphatic rings. The number of carbonyl (C=O) groups excluding carboxylic acids is 1. The minimum absolute atomic E-state index is 0.0820. The van der Waals surface area contributed by atoms with Gasteiger partial charge in [0.1, 0.15) is 5.82 Å². The fraction of sp³-hybridized carbons (Fsp3) is 0.393. The molecule has 0 aliphatic carbocycles. The third-order valence-corrected chi connectivity index (χ3v) is 6.58. The molecular formula is C28H34FN3O4S. The van der Waals surface area contributed by atoms with Crippen molar-refractivity contribution in [2.75, 3.05) is 12.4 Å². The maximum Gasteiger partial charge on any atom is 0.336 e. The van der Waals surface area contributed by atoms with Gasteiger partial charge in [-0.2, -0.15) is 12.6 Å². The predicted octanol–water partition coefficient (Wildman–Crippen LogP) is 5.35. The highest BCUT2D eigenvalue weighted by molar-refractivity contribution is 7.80. The van der Waals surface area contributed by atoms with Crippen molar-refractivity contribution in [2.45, 2.75) is 47.2 Å². The summed E-state index contributed by atoms with van der Waals surface area (Å²) in [5, 5.41) is 12.5. The lowest BCUT2D eigenvalue weighted by molar-refractivity contribution is -0.125. The van der Waals surface area contributed by atoms with E-state index in [2.05, 4.69) is 36.8 Å². The predicted molar refractivity (Wildman–Crippen MR) is 145 cm³/mol. The lowest BCUT2D eigenvalue weighted by Gasteiger charge is -2.18. The van der Waals surface area contributed by atoms with E-state index in [-0.39, 0.29) is 30.5 Å². The van der Waals surface area contributed by atoms with Crippen LogP contribution in [0.3, 0.4) is 0 Å². The Bertz CT molecular complexity index is 1260. The Morgan fingerprint density at radius 1 is 1.22 bits per heavy atom. The highest BCUT2D eigenvalue weighted by atomic mass is 32.1. The summed E-state index contributed by atoms with van der Waals surface area (Å²) in [4.78, 5) is 28.9. The van der Waals surface area contributed by atoms with Gasteiger partial charge in [0.25, 0.3) is 6.01 Å². The number of amides is 1. The van der Waals surface area contributed by atoms with Gasteiger partial charge in [-0.3, -0.25) is 9.36 Å². The molecule has 0 fully saturated rings. The van der Waals surface area contributed by atoms with Crippen LogP contribution in [0, 0.1) is 24.6 Å². The van der Waals surface area contributed by atoms with Crippen LogP contribution in [0.25, 0.3) is 11.1 Å². The van der Waals surface area contributed by atoms with E-state index in [1.165, 1.54) is 12.1 Å². The van der Waals surface area contributed by atoms with E-state index in [1.807, 2.05) is 13.8 Å². The number of aryl methyl sites for hydroxylation is 1. The van der Waals surface area contributed by atoms with E-state index >= 15 is 4.39 Å². The van der Waals surface area contributed by atoms with Gasteiger partial charge < -0.3 is 15.2 Å². The van der Waals surface area contributed by atoms with E-state index in [9.17, 15) is 14.7 Å². The quantitative estimate of drug-likeness (QED) is 0.276. The number of halogens is 1. The summed E-state index contributed by atoms with van der Waals surface area (Å²) in [5.41, 5.74) is 2.81. The Hall–Kier alpha value is -3.33. The van der Waals surface area contributed by atoms with Crippen LogP contribution >= 0.6 is 12.6 Å². The van der Waals surface area contributed by atoms with Crippen LogP contribution in [0.1, 0.15) is 54.5 Å². The van der Waals surface area contributed by atoms with Gasteiger partial charge in [0, 0.05) is 17.2 Å². The number of rotatable bonds is 12. The number of benzene rings is 2. The van der Waals surface area contributed by atoms with Crippen molar-refractivity contribution >= 4 is 24.5 Å². The molecule has 2 N–H and O–H groups in total. The Morgan fingerprint density at radius 2 is 1.95 bits per heavy atom. The number of aromatic nitrogens is 2. The minimum Gasteiger partial charge on any atom is -0.478 e. The summed E-state index contributed by atoms with van der Waals surface area (Å²) in [7, 11) is 0. The van der Waals surface area contributed by atoms with Gasteiger partial charge in [-0.05, 0) is 49.4 Å². The number of nitrogens with zero attached hydrogens (tertiary/aromatic N) is 2. The van der Waals surface area contributed by atoms with E-state index in [4.69, 9.17) is 4.74 Å². The smallest absolute Gasteiger partial charge is 0.336 e. The molecule has 9 heteroatoms. The molecule has 1 amide bonds. The molecule has 1 heterocycles. The molecule has 1 unspecified atom stereocenters. The molecule has 0 bridgehead atoms. The van der Waals surface area contributed by atoms with Crippen molar-refractivity contribution < 1.29 is 23.8 Å². The second kappa shape index (κ2) is 12.8. The van der Waals surface area contributed by atoms with Crippen molar-refractivity contribution in [2.24, 2.45) is 11.8 Å². The summed E-state index contributed by atoms with van der Waals surface area (Å²) in [6.45, 7) is 8.54. The minimum atomic E-state index is -1.07. The number of aromatic carboxylic acids is 1. The number of carbonyl (C=O) groups is 2.